The molecule has 37 heavy (non-hydrogen) atoms. The van der Waals surface area contributed by atoms with Crippen LogP contribution in [-0.2, 0) is 0 Å². The summed E-state index contributed by atoms with van der Waals surface area (Å²) in [7, 11) is 2.20. The maximum atomic E-state index is 15.1. The van der Waals surface area contributed by atoms with Crippen LogP contribution in [0.4, 0.5) is 10.2 Å². The van der Waals surface area contributed by atoms with Gasteiger partial charge in [0.2, 0.25) is 0 Å². The smallest absolute Gasteiger partial charge is 0.166 e. The van der Waals surface area contributed by atoms with Crippen molar-refractivity contribution in [2.75, 3.05) is 39.0 Å². The van der Waals surface area contributed by atoms with Gasteiger partial charge in [-0.15, -0.1) is 0 Å². The van der Waals surface area contributed by atoms with E-state index in [1.165, 1.54) is 25.2 Å². The van der Waals surface area contributed by atoms with Gasteiger partial charge in [0.05, 0.1) is 5.39 Å². The first-order valence-electron chi connectivity index (χ1n) is 13.1. The van der Waals surface area contributed by atoms with Crippen LogP contribution in [0.3, 0.4) is 0 Å². The molecule has 2 N–H and O–H groups in total. The number of para-hydroxylation sites is 1. The molecule has 7 nitrogen and oxygen atoms in total. The zero-order valence-corrected chi connectivity index (χ0v) is 21.2. The lowest BCUT2D eigenvalue weighted by atomic mass is 9.89. The third kappa shape index (κ3) is 4.79. The molecule has 6 rings (SSSR count). The van der Waals surface area contributed by atoms with Crippen LogP contribution in [0, 0.1) is 5.82 Å². The van der Waals surface area contributed by atoms with Gasteiger partial charge in [-0.2, -0.15) is 0 Å². The van der Waals surface area contributed by atoms with E-state index >= 15 is 4.39 Å². The Hall–Kier alpha value is -3.49. The summed E-state index contributed by atoms with van der Waals surface area (Å²) in [5, 5.41) is 0.778. The lowest BCUT2D eigenvalue weighted by molar-refractivity contribution is 0.0828. The van der Waals surface area contributed by atoms with Gasteiger partial charge in [-0.3, -0.25) is 4.90 Å². The molecule has 0 radical (unpaired) electrons. The molecule has 1 aliphatic heterocycles. The van der Waals surface area contributed by atoms with E-state index < -0.39 is 5.82 Å². The van der Waals surface area contributed by atoms with Crippen LogP contribution in [0.25, 0.3) is 22.2 Å². The van der Waals surface area contributed by atoms with Crippen molar-refractivity contribution in [2.24, 2.45) is 0 Å². The summed E-state index contributed by atoms with van der Waals surface area (Å²) in [6.07, 6.45) is 8.12. The second-order valence-electron chi connectivity index (χ2n) is 10.3. The first kappa shape index (κ1) is 23.9. The Labute approximate surface area is 216 Å². The van der Waals surface area contributed by atoms with E-state index in [2.05, 4.69) is 37.6 Å². The average molecular weight is 501 g/mol. The van der Waals surface area contributed by atoms with Crippen LogP contribution in [0.15, 0.2) is 61.1 Å². The number of fused-ring (bicyclic) bond motifs is 1. The Morgan fingerprint density at radius 1 is 0.919 bits per heavy atom. The number of halogens is 1. The fourth-order valence-corrected chi connectivity index (χ4v) is 5.86. The molecule has 0 amide bonds. The summed E-state index contributed by atoms with van der Waals surface area (Å²) in [6, 6.07) is 15.3. The standard InChI is InChI=1S/C29H33FN6O/c1-34-13-15-35(16-14-34)21-8-10-22(11-9-21)36-18-24(27-28(31)32-19-33-29(27)36)20-7-12-26(25(30)17-20)37-23-5-3-2-4-6-23/h2-7,12,17-19,21-22H,8-11,13-16H2,1H3,(H2,31,32,33). The maximum Gasteiger partial charge on any atom is 0.166 e. The minimum absolute atomic E-state index is 0.185. The summed E-state index contributed by atoms with van der Waals surface area (Å²) in [4.78, 5) is 13.9. The molecule has 2 aromatic heterocycles. The average Bonchev–Trinajstić information content (AvgIpc) is 3.32. The van der Waals surface area contributed by atoms with E-state index in [-0.39, 0.29) is 5.75 Å². The second kappa shape index (κ2) is 10.1. The van der Waals surface area contributed by atoms with Crippen LogP contribution < -0.4 is 10.5 Å². The topological polar surface area (TPSA) is 72.4 Å². The predicted molar refractivity (Wildman–Crippen MR) is 144 cm³/mol. The fourth-order valence-electron chi connectivity index (χ4n) is 5.86. The first-order valence-corrected chi connectivity index (χ1v) is 13.1. The summed E-state index contributed by atoms with van der Waals surface area (Å²) < 4.78 is 23.1. The molecule has 2 aromatic carbocycles. The van der Waals surface area contributed by atoms with E-state index in [1.807, 2.05) is 24.3 Å². The number of rotatable bonds is 5. The van der Waals surface area contributed by atoms with Crippen LogP contribution >= 0.6 is 0 Å². The number of nitrogens with zero attached hydrogens (tertiary/aromatic N) is 5. The molecule has 192 valence electrons. The Morgan fingerprint density at radius 3 is 2.38 bits per heavy atom. The molecule has 0 bridgehead atoms. The highest BCUT2D eigenvalue weighted by atomic mass is 19.1. The van der Waals surface area contributed by atoms with E-state index in [4.69, 9.17) is 10.5 Å². The molecule has 1 aliphatic carbocycles. The molecule has 0 unspecified atom stereocenters. The van der Waals surface area contributed by atoms with Gasteiger partial charge in [0, 0.05) is 50.0 Å². The van der Waals surface area contributed by atoms with Crippen molar-refractivity contribution in [2.45, 2.75) is 37.8 Å². The van der Waals surface area contributed by atoms with E-state index in [0.29, 0.717) is 23.7 Å². The Morgan fingerprint density at radius 2 is 1.65 bits per heavy atom. The largest absolute Gasteiger partial charge is 0.454 e. The van der Waals surface area contributed by atoms with Crippen LogP contribution in [-0.4, -0.2) is 63.6 Å². The number of benzene rings is 2. The normalized spacial score (nSPS) is 21.4. The lowest BCUT2D eigenvalue weighted by Crippen LogP contribution is -2.49. The molecule has 0 spiro atoms. The molecule has 3 heterocycles. The summed E-state index contributed by atoms with van der Waals surface area (Å²) in [5.74, 6) is 0.765. The van der Waals surface area contributed by atoms with E-state index in [9.17, 15) is 0 Å². The minimum atomic E-state index is -0.426. The monoisotopic (exact) mass is 500 g/mol. The fraction of sp³-hybridized carbons (Fsp3) is 0.379. The number of hydrogen-bond donors (Lipinski definition) is 1. The Bertz CT molecular complexity index is 1370. The molecule has 1 saturated heterocycles. The van der Waals surface area contributed by atoms with Crippen LogP contribution in [0.2, 0.25) is 0 Å². The van der Waals surface area contributed by atoms with Crippen LogP contribution in [0.1, 0.15) is 31.7 Å². The van der Waals surface area contributed by atoms with Crippen molar-refractivity contribution in [1.29, 1.82) is 0 Å². The molecule has 2 fully saturated rings. The predicted octanol–water partition coefficient (Wildman–Crippen LogP) is 5.34. The maximum absolute atomic E-state index is 15.1. The van der Waals surface area contributed by atoms with Gasteiger partial charge in [0.15, 0.2) is 11.6 Å². The van der Waals surface area contributed by atoms with Gasteiger partial charge in [-0.25, -0.2) is 14.4 Å². The highest BCUT2D eigenvalue weighted by molar-refractivity contribution is 6.00. The van der Waals surface area contributed by atoms with Crippen molar-refractivity contribution in [3.05, 3.63) is 66.9 Å². The zero-order valence-electron chi connectivity index (χ0n) is 21.2. The highest BCUT2D eigenvalue weighted by Gasteiger charge is 2.30. The first-order chi connectivity index (χ1) is 18.1. The highest BCUT2D eigenvalue weighted by Crippen LogP contribution is 2.40. The zero-order chi connectivity index (χ0) is 25.4. The van der Waals surface area contributed by atoms with Crippen LogP contribution in [0.5, 0.6) is 11.5 Å². The summed E-state index contributed by atoms with van der Waals surface area (Å²) in [6.45, 7) is 4.60. The van der Waals surface area contributed by atoms with Gasteiger partial charge < -0.3 is 19.9 Å². The number of piperazine rings is 1. The molecule has 0 atom stereocenters. The van der Waals surface area contributed by atoms with Gasteiger partial charge in [0.25, 0.3) is 0 Å². The third-order valence-electron chi connectivity index (χ3n) is 7.97. The van der Waals surface area contributed by atoms with Crippen molar-refractivity contribution in [1.82, 2.24) is 24.3 Å². The van der Waals surface area contributed by atoms with Gasteiger partial charge in [-0.05, 0) is 62.6 Å². The number of nitrogen functional groups attached to an aromatic ring is 1. The van der Waals surface area contributed by atoms with Crippen molar-refractivity contribution in [3.8, 4) is 22.6 Å². The minimum Gasteiger partial charge on any atom is -0.454 e. The van der Waals surface area contributed by atoms with Gasteiger partial charge >= 0.3 is 0 Å². The number of hydrogen-bond acceptors (Lipinski definition) is 6. The molecule has 2 aliphatic rings. The Kier molecular flexibility index (Phi) is 6.52. The lowest BCUT2D eigenvalue weighted by Gasteiger charge is -2.41. The molecule has 8 heteroatoms. The van der Waals surface area contributed by atoms with Crippen molar-refractivity contribution in [3.63, 3.8) is 0 Å². The number of ether oxygens (including phenoxy) is 1. The van der Waals surface area contributed by atoms with E-state index in [0.717, 1.165) is 61.2 Å². The third-order valence-corrected chi connectivity index (χ3v) is 7.97. The quantitative estimate of drug-likeness (QED) is 0.399. The van der Waals surface area contributed by atoms with Crippen molar-refractivity contribution >= 4 is 16.9 Å². The Balaban J connectivity index is 1.26. The number of anilines is 1. The summed E-state index contributed by atoms with van der Waals surface area (Å²) in [5.41, 5.74) is 8.74. The van der Waals surface area contributed by atoms with Crippen molar-refractivity contribution < 1.29 is 9.13 Å². The molecular formula is C29H33FN6O. The van der Waals surface area contributed by atoms with E-state index in [1.54, 1.807) is 18.2 Å². The van der Waals surface area contributed by atoms with Gasteiger partial charge in [0.1, 0.15) is 23.5 Å². The summed E-state index contributed by atoms with van der Waals surface area (Å²) >= 11 is 0. The SMILES string of the molecule is CN1CCN(C2CCC(n3cc(-c4ccc(Oc5ccccc5)c(F)c4)c4c(N)ncnc43)CC2)CC1. The second-order valence-corrected chi connectivity index (χ2v) is 10.3. The number of aromatic nitrogens is 3. The molecule has 4 aromatic rings. The number of nitrogens with two attached hydrogens (primary N) is 1. The molecule has 1 saturated carbocycles. The van der Waals surface area contributed by atoms with Gasteiger partial charge in [-0.1, -0.05) is 24.3 Å². The number of likely N-dealkylation sites (N-methyl/N-ethyl adjacent to an activating group) is 1. The molecular weight excluding hydrogens is 467 g/mol.